The van der Waals surface area contributed by atoms with Crippen LogP contribution in [0.2, 0.25) is 0 Å². The van der Waals surface area contributed by atoms with Gasteiger partial charge in [-0.25, -0.2) is 0 Å². The van der Waals surface area contributed by atoms with Crippen LogP contribution in [0.15, 0.2) is 241 Å². The maximum absolute atomic E-state index is 6.81. The van der Waals surface area contributed by atoms with Crippen molar-refractivity contribution in [1.82, 2.24) is 0 Å². The molecule has 2 heterocycles. The molecule has 0 bridgehead atoms. The number of hydrogen-bond donors (Lipinski definition) is 0. The lowest BCUT2D eigenvalue weighted by atomic mass is 9.98. The van der Waals surface area contributed by atoms with Crippen molar-refractivity contribution in [2.45, 2.75) is 0 Å². The Hall–Kier alpha value is -7.92. The fourth-order valence-electron chi connectivity index (χ4n) is 9.82. The molecule has 0 saturated heterocycles. The molecule has 0 radical (unpaired) electrons. The Morgan fingerprint density at radius 2 is 0.887 bits per heavy atom. The molecule has 10 aromatic carbocycles. The minimum atomic E-state index is -2.81. The summed E-state index contributed by atoms with van der Waals surface area (Å²) in [6.07, 6.45) is 0. The number of nitrogens with zero attached hydrogens (tertiary/aromatic N) is 1. The van der Waals surface area contributed by atoms with Crippen LogP contribution in [0.5, 0.6) is 11.5 Å². The number of benzene rings is 10. The molecule has 1 aromatic heterocycles. The number of rotatable bonds is 7. The first kappa shape index (κ1) is 36.0. The first-order valence-electron chi connectivity index (χ1n) is 21.2. The van der Waals surface area contributed by atoms with Crippen molar-refractivity contribution in [2.24, 2.45) is 0 Å². The molecule has 292 valence electrons. The van der Waals surface area contributed by atoms with Gasteiger partial charge in [-0.3, -0.25) is 0 Å². The van der Waals surface area contributed by atoms with Crippen molar-refractivity contribution in [3.05, 3.63) is 237 Å². The van der Waals surface area contributed by atoms with E-state index in [0.717, 1.165) is 61.6 Å². The molecule has 11 aromatic rings. The van der Waals surface area contributed by atoms with Gasteiger partial charge in [-0.1, -0.05) is 182 Å². The van der Waals surface area contributed by atoms with Crippen molar-refractivity contribution in [1.29, 1.82) is 0 Å². The molecule has 4 heteroatoms. The molecule has 1 aliphatic rings. The topological polar surface area (TPSA) is 25.6 Å². The lowest BCUT2D eigenvalue weighted by Crippen LogP contribution is -2.76. The monoisotopic (exact) mass is 809 g/mol. The van der Waals surface area contributed by atoms with Crippen LogP contribution in [-0.4, -0.2) is 8.07 Å². The average molecular weight is 810 g/mol. The van der Waals surface area contributed by atoms with Crippen LogP contribution in [0.25, 0.3) is 55.0 Å². The van der Waals surface area contributed by atoms with Gasteiger partial charge in [-0.2, -0.15) is 0 Å². The molecule has 62 heavy (non-hydrogen) atoms. The van der Waals surface area contributed by atoms with Crippen molar-refractivity contribution in [2.75, 3.05) is 4.90 Å². The van der Waals surface area contributed by atoms with E-state index < -0.39 is 8.07 Å². The lowest BCUT2D eigenvalue weighted by Gasteiger charge is -2.39. The Kier molecular flexibility index (Phi) is 8.51. The first-order chi connectivity index (χ1) is 30.7. The second kappa shape index (κ2) is 14.7. The molecule has 0 saturated carbocycles. The number of ether oxygens (including phenoxy) is 1. The normalized spacial score (nSPS) is 12.8. The highest BCUT2D eigenvalue weighted by molar-refractivity contribution is 7.20. The van der Waals surface area contributed by atoms with Crippen molar-refractivity contribution in [3.63, 3.8) is 0 Å². The van der Waals surface area contributed by atoms with Crippen LogP contribution in [-0.2, 0) is 0 Å². The molecule has 0 spiro atoms. The Labute approximate surface area is 361 Å². The number of hydrogen-bond acceptors (Lipinski definition) is 3. The summed E-state index contributed by atoms with van der Waals surface area (Å²) in [7, 11) is -2.81. The zero-order chi connectivity index (χ0) is 41.0. The summed E-state index contributed by atoms with van der Waals surface area (Å²) in [5.41, 5.74) is 9.49. The van der Waals surface area contributed by atoms with Crippen molar-refractivity contribution < 1.29 is 9.15 Å². The third-order valence-corrected chi connectivity index (χ3v) is 17.5. The highest BCUT2D eigenvalue weighted by atomic mass is 28.3. The van der Waals surface area contributed by atoms with Gasteiger partial charge in [0.25, 0.3) is 0 Å². The minimum Gasteiger partial charge on any atom is -0.458 e. The molecule has 0 aliphatic carbocycles. The maximum atomic E-state index is 6.81. The molecule has 0 amide bonds. The van der Waals surface area contributed by atoms with Crippen LogP contribution >= 0.6 is 0 Å². The summed E-state index contributed by atoms with van der Waals surface area (Å²) in [6, 6.07) is 85.2. The third kappa shape index (κ3) is 5.72. The Morgan fingerprint density at radius 1 is 0.355 bits per heavy atom. The molecular formula is C58H39NO2Si. The smallest absolute Gasteiger partial charge is 0.188 e. The predicted octanol–water partition coefficient (Wildman–Crippen LogP) is 13.0. The van der Waals surface area contributed by atoms with Gasteiger partial charge in [0.05, 0.1) is 0 Å². The van der Waals surface area contributed by atoms with Gasteiger partial charge in [-0.15, -0.1) is 0 Å². The number of furan rings is 1. The number of anilines is 3. The van der Waals surface area contributed by atoms with E-state index in [1.54, 1.807) is 0 Å². The molecule has 1 aliphatic heterocycles. The Balaban J connectivity index is 1.03. The molecule has 3 nitrogen and oxygen atoms in total. The third-order valence-electron chi connectivity index (χ3n) is 12.6. The highest BCUT2D eigenvalue weighted by Crippen LogP contribution is 2.42. The van der Waals surface area contributed by atoms with E-state index >= 15 is 0 Å². The summed E-state index contributed by atoms with van der Waals surface area (Å²) in [4.78, 5) is 2.35. The van der Waals surface area contributed by atoms with E-state index in [1.807, 2.05) is 0 Å². The second-order valence-corrected chi connectivity index (χ2v) is 19.7. The van der Waals surface area contributed by atoms with E-state index in [0.29, 0.717) is 0 Å². The zero-order valence-electron chi connectivity index (χ0n) is 33.8. The Bertz CT molecular complexity index is 3380. The SMILES string of the molecule is c1ccc(-c2cccc3c2oc2cc(N(c4ccc(-c5cccc6ccccc56)cc4)c4ccc([Si]5(c6ccccc6)c6ccccc6Oc6ccccc65)cc4)ccc23)cc1. The van der Waals surface area contributed by atoms with Gasteiger partial charge in [0, 0.05) is 39.5 Å². The molecule has 0 N–H and O–H groups in total. The summed E-state index contributed by atoms with van der Waals surface area (Å²) in [5.74, 6) is 1.85. The number of fused-ring (bicyclic) bond motifs is 6. The zero-order valence-corrected chi connectivity index (χ0v) is 34.8. The van der Waals surface area contributed by atoms with E-state index in [2.05, 4.69) is 241 Å². The van der Waals surface area contributed by atoms with Crippen LogP contribution in [0.1, 0.15) is 0 Å². The van der Waals surface area contributed by atoms with Crippen molar-refractivity contribution in [3.8, 4) is 33.8 Å². The van der Waals surface area contributed by atoms with E-state index in [1.165, 1.54) is 42.6 Å². The number of para-hydroxylation sites is 3. The highest BCUT2D eigenvalue weighted by Gasteiger charge is 2.47. The van der Waals surface area contributed by atoms with Gasteiger partial charge in [0.1, 0.15) is 22.7 Å². The minimum absolute atomic E-state index is 0.848. The Morgan fingerprint density at radius 3 is 1.63 bits per heavy atom. The van der Waals surface area contributed by atoms with Gasteiger partial charge in [-0.05, 0) is 96.7 Å². The molecule has 12 rings (SSSR count). The first-order valence-corrected chi connectivity index (χ1v) is 23.2. The van der Waals surface area contributed by atoms with E-state index in [4.69, 9.17) is 9.15 Å². The van der Waals surface area contributed by atoms with Crippen LogP contribution in [0, 0.1) is 0 Å². The van der Waals surface area contributed by atoms with Gasteiger partial charge < -0.3 is 14.1 Å². The maximum Gasteiger partial charge on any atom is 0.188 e. The van der Waals surface area contributed by atoms with E-state index in [9.17, 15) is 0 Å². The second-order valence-electron chi connectivity index (χ2n) is 16.0. The van der Waals surface area contributed by atoms with Crippen LogP contribution in [0.3, 0.4) is 0 Å². The molecule has 0 fully saturated rings. The fourth-order valence-corrected chi connectivity index (χ4v) is 14.7. The summed E-state index contributed by atoms with van der Waals surface area (Å²) >= 11 is 0. The summed E-state index contributed by atoms with van der Waals surface area (Å²) < 4.78 is 13.4. The standard InChI is InChI=1S/C58H39NO2Si/c1-3-15-41(16-4-1)50-23-14-24-52-51-38-35-45(39-55(51)61-58(50)52)59(43-31-29-42(30-32-43)49-22-13-18-40-17-7-8-21-48(40)49)44-33-36-47(37-34-44)62(46-19-5-2-6-20-46)56-27-11-9-25-53(56)60-54-26-10-12-28-57(54)62/h1-39H. The average Bonchev–Trinajstić information content (AvgIpc) is 3.72. The van der Waals surface area contributed by atoms with Gasteiger partial charge in [0.15, 0.2) is 8.07 Å². The fraction of sp³-hybridized carbons (Fsp3) is 0. The van der Waals surface area contributed by atoms with Gasteiger partial charge in [0.2, 0.25) is 0 Å². The molecular weight excluding hydrogens is 771 g/mol. The molecule has 0 unspecified atom stereocenters. The lowest BCUT2D eigenvalue weighted by molar-refractivity contribution is 0.487. The summed E-state index contributed by atoms with van der Waals surface area (Å²) in [6.45, 7) is 0. The summed E-state index contributed by atoms with van der Waals surface area (Å²) in [5, 5.41) is 9.80. The van der Waals surface area contributed by atoms with Gasteiger partial charge >= 0.3 is 0 Å². The van der Waals surface area contributed by atoms with Crippen molar-refractivity contribution >= 4 is 78.6 Å². The van der Waals surface area contributed by atoms with Crippen LogP contribution in [0.4, 0.5) is 17.1 Å². The van der Waals surface area contributed by atoms with Crippen LogP contribution < -0.4 is 30.4 Å². The largest absolute Gasteiger partial charge is 0.458 e. The van der Waals surface area contributed by atoms with E-state index in [-0.39, 0.29) is 0 Å². The predicted molar refractivity (Wildman–Crippen MR) is 260 cm³/mol. The quantitative estimate of drug-likeness (QED) is 0.150. The molecule has 0 atom stereocenters.